The van der Waals surface area contributed by atoms with E-state index in [9.17, 15) is 28.1 Å². The highest BCUT2D eigenvalue weighted by atomic mass is 35.5. The predicted octanol–water partition coefficient (Wildman–Crippen LogP) is 5.54. The number of aryl methyl sites for hydroxylation is 1. The van der Waals surface area contributed by atoms with Gasteiger partial charge in [0.2, 0.25) is 11.8 Å². The smallest absolute Gasteiger partial charge is 0.273 e. The molecule has 1 N–H and O–H groups in total. The molecule has 0 aliphatic carbocycles. The Hall–Kier alpha value is -4.94. The summed E-state index contributed by atoms with van der Waals surface area (Å²) in [6.45, 7) is 2.80. The number of methoxy groups -OCH3 is 1. The van der Waals surface area contributed by atoms with Crippen molar-refractivity contribution in [3.8, 4) is 5.75 Å². The zero-order valence-electron chi connectivity index (χ0n) is 26.1. The van der Waals surface area contributed by atoms with E-state index in [0.717, 1.165) is 15.9 Å². The number of rotatable bonds is 14. The lowest BCUT2D eigenvalue weighted by atomic mass is 10.0. The van der Waals surface area contributed by atoms with Crippen molar-refractivity contribution in [1.29, 1.82) is 0 Å². The highest BCUT2D eigenvalue weighted by Gasteiger charge is 2.35. The molecule has 0 saturated heterocycles. The molecule has 13 heteroatoms. The number of ether oxygens (including phenoxy) is 1. The van der Waals surface area contributed by atoms with Crippen LogP contribution in [0, 0.1) is 17.0 Å². The van der Waals surface area contributed by atoms with Gasteiger partial charge in [-0.1, -0.05) is 60.1 Å². The molecule has 0 aliphatic heterocycles. The van der Waals surface area contributed by atoms with E-state index in [0.29, 0.717) is 22.9 Å². The minimum absolute atomic E-state index is 0.0550. The monoisotopic (exact) mass is 678 g/mol. The van der Waals surface area contributed by atoms with Gasteiger partial charge in [-0.2, -0.15) is 0 Å². The Bertz CT molecular complexity index is 1840. The number of nitrogens with zero attached hydrogens (tertiary/aromatic N) is 3. The molecule has 4 aromatic carbocycles. The van der Waals surface area contributed by atoms with E-state index < -0.39 is 39.3 Å². The second-order valence-electron chi connectivity index (χ2n) is 10.7. The first-order valence-electron chi connectivity index (χ1n) is 14.7. The number of hydrogen-bond donors (Lipinski definition) is 1. The summed E-state index contributed by atoms with van der Waals surface area (Å²) < 4.78 is 34.6. The summed E-state index contributed by atoms with van der Waals surface area (Å²) in [6, 6.07) is 24.6. The Labute approximate surface area is 278 Å². The number of halogens is 1. The van der Waals surface area contributed by atoms with Gasteiger partial charge in [0.1, 0.15) is 18.3 Å². The van der Waals surface area contributed by atoms with Gasteiger partial charge in [0.05, 0.1) is 22.6 Å². The van der Waals surface area contributed by atoms with Gasteiger partial charge in [-0.25, -0.2) is 8.42 Å². The Morgan fingerprint density at radius 2 is 1.64 bits per heavy atom. The van der Waals surface area contributed by atoms with Crippen LogP contribution < -0.4 is 14.4 Å². The largest absolute Gasteiger partial charge is 0.497 e. The molecule has 0 radical (unpaired) electrons. The van der Waals surface area contributed by atoms with Gasteiger partial charge in [0.15, 0.2) is 0 Å². The third kappa shape index (κ3) is 8.66. The van der Waals surface area contributed by atoms with Crippen molar-refractivity contribution in [2.45, 2.75) is 37.8 Å². The van der Waals surface area contributed by atoms with E-state index in [2.05, 4.69) is 5.32 Å². The topological polar surface area (TPSA) is 139 Å². The van der Waals surface area contributed by atoms with Crippen LogP contribution in [-0.2, 0) is 32.6 Å². The number of likely N-dealkylation sites (N-methyl/N-ethyl adjacent to an activating group) is 1. The van der Waals surface area contributed by atoms with E-state index in [1.165, 1.54) is 55.3 Å². The highest BCUT2D eigenvalue weighted by molar-refractivity contribution is 7.92. The quantitative estimate of drug-likeness (QED) is 0.137. The van der Waals surface area contributed by atoms with E-state index >= 15 is 0 Å². The molecular weight excluding hydrogens is 644 g/mol. The van der Waals surface area contributed by atoms with Crippen molar-refractivity contribution in [2.75, 3.05) is 24.5 Å². The second-order valence-corrected chi connectivity index (χ2v) is 13.0. The van der Waals surface area contributed by atoms with Crippen LogP contribution in [0.25, 0.3) is 0 Å². The standard InChI is InChI=1S/C34H35ClN4O7S/c1-4-36-34(41)32(20-25-9-6-5-7-10-25)37(22-26-11-8-12-27(35)19-26)33(40)23-38(28-14-16-29(46-3)17-15-28)47(44,45)30-18-13-24(2)31(21-30)39(42)43/h5-19,21,32H,4,20,22-23H2,1-3H3,(H,36,41). The fraction of sp³-hybridized carbons (Fsp3) is 0.235. The molecule has 0 bridgehead atoms. The zero-order valence-corrected chi connectivity index (χ0v) is 27.7. The van der Waals surface area contributed by atoms with Crippen LogP contribution in [0.3, 0.4) is 0 Å². The van der Waals surface area contributed by atoms with Crippen LogP contribution in [0.5, 0.6) is 5.75 Å². The summed E-state index contributed by atoms with van der Waals surface area (Å²) in [5.74, 6) is -0.650. The minimum atomic E-state index is -4.55. The zero-order chi connectivity index (χ0) is 34.1. The molecule has 1 unspecified atom stereocenters. The number of hydrogen-bond acceptors (Lipinski definition) is 7. The first-order chi connectivity index (χ1) is 22.4. The number of anilines is 1. The molecule has 11 nitrogen and oxygen atoms in total. The summed E-state index contributed by atoms with van der Waals surface area (Å²) in [4.78, 5) is 40.0. The summed E-state index contributed by atoms with van der Waals surface area (Å²) in [6.07, 6.45) is 0.151. The molecule has 0 aromatic heterocycles. The van der Waals surface area contributed by atoms with Crippen LogP contribution in [0.1, 0.15) is 23.6 Å². The Kier molecular flexibility index (Phi) is 11.6. The van der Waals surface area contributed by atoms with Crippen LogP contribution in [0.4, 0.5) is 11.4 Å². The maximum Gasteiger partial charge on any atom is 0.273 e. The summed E-state index contributed by atoms with van der Waals surface area (Å²) in [5, 5.41) is 14.9. The van der Waals surface area contributed by atoms with Crippen LogP contribution >= 0.6 is 11.6 Å². The second kappa shape index (κ2) is 15.6. The summed E-state index contributed by atoms with van der Waals surface area (Å²) in [5.41, 5.74) is 1.43. The third-order valence-electron chi connectivity index (χ3n) is 7.47. The molecule has 0 saturated carbocycles. The molecule has 0 spiro atoms. The lowest BCUT2D eigenvalue weighted by molar-refractivity contribution is -0.385. The van der Waals surface area contributed by atoms with E-state index in [-0.39, 0.29) is 34.8 Å². The van der Waals surface area contributed by atoms with E-state index in [1.54, 1.807) is 31.2 Å². The fourth-order valence-corrected chi connectivity index (χ4v) is 6.68. The normalized spacial score (nSPS) is 11.7. The van der Waals surface area contributed by atoms with Crippen molar-refractivity contribution in [2.24, 2.45) is 0 Å². The van der Waals surface area contributed by atoms with Crippen molar-refractivity contribution < 1.29 is 27.7 Å². The molecule has 0 aliphatic rings. The number of carbonyl (C=O) groups excluding carboxylic acids is 2. The van der Waals surface area contributed by atoms with Gasteiger partial charge in [-0.05, 0) is 67.4 Å². The molecule has 47 heavy (non-hydrogen) atoms. The minimum Gasteiger partial charge on any atom is -0.497 e. The number of carbonyl (C=O) groups is 2. The fourth-order valence-electron chi connectivity index (χ4n) is 5.03. The molecule has 246 valence electrons. The van der Waals surface area contributed by atoms with Gasteiger partial charge in [-0.3, -0.25) is 24.0 Å². The van der Waals surface area contributed by atoms with Gasteiger partial charge in [0, 0.05) is 36.2 Å². The number of nitro benzene ring substituents is 1. The van der Waals surface area contributed by atoms with Gasteiger partial charge >= 0.3 is 0 Å². The molecule has 4 aromatic rings. The molecule has 4 rings (SSSR count). The first kappa shape index (κ1) is 34.9. The third-order valence-corrected chi connectivity index (χ3v) is 9.47. The first-order valence-corrected chi connectivity index (χ1v) is 16.5. The molecule has 2 amide bonds. The van der Waals surface area contributed by atoms with Crippen molar-refractivity contribution in [1.82, 2.24) is 10.2 Å². The van der Waals surface area contributed by atoms with Crippen LogP contribution in [0.2, 0.25) is 5.02 Å². The Balaban J connectivity index is 1.83. The highest BCUT2D eigenvalue weighted by Crippen LogP contribution is 2.30. The maximum atomic E-state index is 14.5. The number of nitrogens with one attached hydrogen (secondary N) is 1. The Morgan fingerprint density at radius 1 is 0.957 bits per heavy atom. The molecule has 0 heterocycles. The summed E-state index contributed by atoms with van der Waals surface area (Å²) >= 11 is 6.26. The number of amides is 2. The van der Waals surface area contributed by atoms with E-state index in [4.69, 9.17) is 16.3 Å². The predicted molar refractivity (Wildman–Crippen MR) is 180 cm³/mol. The van der Waals surface area contributed by atoms with Gasteiger partial charge in [-0.15, -0.1) is 0 Å². The van der Waals surface area contributed by atoms with Crippen LogP contribution in [0.15, 0.2) is 102 Å². The SMILES string of the molecule is CCNC(=O)C(Cc1ccccc1)N(Cc1cccc(Cl)c1)C(=O)CN(c1ccc(OC)cc1)S(=O)(=O)c1ccc(C)c([N+](=O)[O-])c1. The number of benzene rings is 4. The molecule has 0 fully saturated rings. The van der Waals surface area contributed by atoms with E-state index in [1.807, 2.05) is 30.3 Å². The van der Waals surface area contributed by atoms with Crippen molar-refractivity contribution >= 4 is 44.8 Å². The molecular formula is C34H35ClN4O7S. The molecule has 1 atom stereocenters. The van der Waals surface area contributed by atoms with Crippen molar-refractivity contribution in [3.63, 3.8) is 0 Å². The number of sulfonamides is 1. The van der Waals surface area contributed by atoms with Crippen molar-refractivity contribution in [3.05, 3.63) is 129 Å². The van der Waals surface area contributed by atoms with Gasteiger partial charge in [0.25, 0.3) is 15.7 Å². The lowest BCUT2D eigenvalue weighted by Gasteiger charge is -2.34. The lowest BCUT2D eigenvalue weighted by Crippen LogP contribution is -2.53. The van der Waals surface area contributed by atoms with Crippen LogP contribution in [-0.4, -0.2) is 56.3 Å². The average Bonchev–Trinajstić information content (AvgIpc) is 3.05. The maximum absolute atomic E-state index is 14.5. The Morgan fingerprint density at radius 3 is 2.26 bits per heavy atom. The summed E-state index contributed by atoms with van der Waals surface area (Å²) in [7, 11) is -3.09. The van der Waals surface area contributed by atoms with Gasteiger partial charge < -0.3 is 15.0 Å². The number of nitro groups is 1. The average molecular weight is 679 g/mol.